The van der Waals surface area contributed by atoms with Crippen molar-refractivity contribution in [1.82, 2.24) is 4.98 Å². The van der Waals surface area contributed by atoms with E-state index in [1.54, 1.807) is 0 Å². The van der Waals surface area contributed by atoms with Gasteiger partial charge in [0.2, 0.25) is 0 Å². The lowest BCUT2D eigenvalue weighted by Crippen LogP contribution is -1.99. The maximum Gasteiger partial charge on any atom is 0.0497 e. The highest BCUT2D eigenvalue weighted by molar-refractivity contribution is 5.93. The van der Waals surface area contributed by atoms with Crippen LogP contribution in [0.15, 0.2) is 36.4 Å². The number of nitrogens with two attached hydrogens (primary N) is 1. The van der Waals surface area contributed by atoms with Gasteiger partial charge in [-0.2, -0.15) is 0 Å². The maximum absolute atomic E-state index is 5.70. The Morgan fingerprint density at radius 1 is 0.958 bits per heavy atom. The monoisotopic (exact) mass is 320 g/mol. The van der Waals surface area contributed by atoms with Gasteiger partial charge >= 0.3 is 0 Å². The minimum atomic E-state index is 0.765. The molecule has 2 heteroatoms. The first-order valence-corrected chi connectivity index (χ1v) is 9.05. The van der Waals surface area contributed by atoms with Crippen molar-refractivity contribution in [3.63, 3.8) is 0 Å². The number of benzene rings is 2. The first kappa shape index (κ1) is 16.8. The van der Waals surface area contributed by atoms with E-state index in [2.05, 4.69) is 62.2 Å². The van der Waals surface area contributed by atoms with Crippen molar-refractivity contribution in [2.24, 2.45) is 5.73 Å². The van der Waals surface area contributed by atoms with Crippen LogP contribution in [0.4, 0.5) is 0 Å². The van der Waals surface area contributed by atoms with Gasteiger partial charge in [-0.25, -0.2) is 0 Å². The minimum absolute atomic E-state index is 0.765. The summed E-state index contributed by atoms with van der Waals surface area (Å²) in [6, 6.07) is 13.5. The van der Waals surface area contributed by atoms with Crippen LogP contribution in [0.25, 0.3) is 22.2 Å². The van der Waals surface area contributed by atoms with Crippen molar-refractivity contribution in [1.29, 1.82) is 0 Å². The van der Waals surface area contributed by atoms with Gasteiger partial charge in [-0.3, -0.25) is 0 Å². The van der Waals surface area contributed by atoms with Crippen LogP contribution in [-0.2, 0) is 12.8 Å². The molecule has 0 unspecified atom stereocenters. The fourth-order valence-corrected chi connectivity index (χ4v) is 3.42. The van der Waals surface area contributed by atoms with Crippen LogP contribution in [0.2, 0.25) is 0 Å². The first-order valence-electron chi connectivity index (χ1n) is 9.05. The average Bonchev–Trinajstić information content (AvgIpc) is 2.98. The Bertz CT molecular complexity index is 825. The number of aromatic amines is 1. The van der Waals surface area contributed by atoms with E-state index in [9.17, 15) is 0 Å². The molecule has 0 aliphatic rings. The second-order valence-electron chi connectivity index (χ2n) is 6.70. The molecule has 2 aromatic carbocycles. The number of nitrogens with one attached hydrogen (secondary N) is 1. The molecule has 1 heterocycles. The van der Waals surface area contributed by atoms with Crippen molar-refractivity contribution in [3.8, 4) is 11.3 Å². The largest absolute Gasteiger partial charge is 0.354 e. The highest BCUT2D eigenvalue weighted by atomic mass is 14.7. The molecule has 0 aliphatic heterocycles. The molecule has 0 bridgehead atoms. The van der Waals surface area contributed by atoms with Gasteiger partial charge in [0.15, 0.2) is 0 Å². The van der Waals surface area contributed by atoms with E-state index in [4.69, 9.17) is 5.73 Å². The summed E-state index contributed by atoms with van der Waals surface area (Å²) < 4.78 is 0. The third-order valence-electron chi connectivity index (χ3n) is 5.14. The van der Waals surface area contributed by atoms with E-state index in [0.29, 0.717) is 0 Å². The van der Waals surface area contributed by atoms with Gasteiger partial charge in [0.25, 0.3) is 0 Å². The number of aromatic nitrogens is 1. The van der Waals surface area contributed by atoms with Gasteiger partial charge in [-0.15, -0.1) is 0 Å². The van der Waals surface area contributed by atoms with Gasteiger partial charge in [-0.05, 0) is 73.9 Å². The van der Waals surface area contributed by atoms with Crippen LogP contribution in [0.1, 0.15) is 42.0 Å². The van der Waals surface area contributed by atoms with Crippen LogP contribution in [0.5, 0.6) is 0 Å². The zero-order valence-electron chi connectivity index (χ0n) is 15.1. The van der Waals surface area contributed by atoms with E-state index in [1.165, 1.54) is 44.4 Å². The molecule has 3 aromatic rings. The van der Waals surface area contributed by atoms with E-state index >= 15 is 0 Å². The van der Waals surface area contributed by atoms with Crippen molar-refractivity contribution in [2.45, 2.75) is 46.5 Å². The topological polar surface area (TPSA) is 41.8 Å². The van der Waals surface area contributed by atoms with Crippen LogP contribution in [0.3, 0.4) is 0 Å². The Balaban J connectivity index is 2.13. The molecule has 0 atom stereocenters. The summed E-state index contributed by atoms with van der Waals surface area (Å²) >= 11 is 0. The molecule has 0 fully saturated rings. The van der Waals surface area contributed by atoms with Crippen LogP contribution < -0.4 is 5.73 Å². The van der Waals surface area contributed by atoms with Crippen LogP contribution >= 0.6 is 0 Å². The Labute approximate surface area is 145 Å². The molecule has 126 valence electrons. The molecule has 2 nitrogen and oxygen atoms in total. The lowest BCUT2D eigenvalue weighted by atomic mass is 9.98. The van der Waals surface area contributed by atoms with E-state index in [1.807, 2.05) is 0 Å². The molecular formula is C22H28N2. The standard InChI is InChI=1S/C22H28N2/c1-4-17-9-11-18(12-10-17)22-19(7-5-6-14-23)20-13-8-15(2)16(3)21(20)24-22/h8-13,24H,4-7,14,23H2,1-3H3. The third kappa shape index (κ3) is 3.11. The molecular weight excluding hydrogens is 292 g/mol. The number of hydrogen-bond donors (Lipinski definition) is 2. The minimum Gasteiger partial charge on any atom is -0.354 e. The molecule has 24 heavy (non-hydrogen) atoms. The van der Waals surface area contributed by atoms with E-state index in [0.717, 1.165) is 32.2 Å². The molecule has 0 saturated heterocycles. The summed E-state index contributed by atoms with van der Waals surface area (Å²) in [4.78, 5) is 3.72. The SMILES string of the molecule is CCc1ccc(-c2[nH]c3c(C)c(C)ccc3c2CCCCN)cc1. The lowest BCUT2D eigenvalue weighted by molar-refractivity contribution is 0.748. The van der Waals surface area contributed by atoms with Crippen molar-refractivity contribution < 1.29 is 0 Å². The molecule has 0 aliphatic carbocycles. The molecule has 1 aromatic heterocycles. The Hall–Kier alpha value is -2.06. The lowest BCUT2D eigenvalue weighted by Gasteiger charge is -2.06. The second-order valence-corrected chi connectivity index (χ2v) is 6.70. The highest BCUT2D eigenvalue weighted by Gasteiger charge is 2.15. The summed E-state index contributed by atoms with van der Waals surface area (Å²) in [5.74, 6) is 0. The summed E-state index contributed by atoms with van der Waals surface area (Å²) in [7, 11) is 0. The summed E-state index contributed by atoms with van der Waals surface area (Å²) in [5, 5.41) is 1.37. The summed E-state index contributed by atoms with van der Waals surface area (Å²) in [5.41, 5.74) is 15.0. The molecule has 3 rings (SSSR count). The highest BCUT2D eigenvalue weighted by Crippen LogP contribution is 2.34. The van der Waals surface area contributed by atoms with Crippen molar-refractivity contribution in [2.75, 3.05) is 6.54 Å². The molecule has 0 amide bonds. The fourth-order valence-electron chi connectivity index (χ4n) is 3.42. The molecule has 0 radical (unpaired) electrons. The van der Waals surface area contributed by atoms with Gasteiger partial charge in [-0.1, -0.05) is 43.3 Å². The van der Waals surface area contributed by atoms with Crippen molar-refractivity contribution in [3.05, 3.63) is 58.7 Å². The second kappa shape index (κ2) is 7.23. The van der Waals surface area contributed by atoms with Crippen LogP contribution in [0, 0.1) is 13.8 Å². The zero-order chi connectivity index (χ0) is 17.1. The predicted octanol–water partition coefficient (Wildman–Crippen LogP) is 5.30. The number of fused-ring (bicyclic) bond motifs is 1. The van der Waals surface area contributed by atoms with Crippen LogP contribution in [-0.4, -0.2) is 11.5 Å². The molecule has 0 spiro atoms. The average molecular weight is 320 g/mol. The predicted molar refractivity (Wildman–Crippen MR) is 105 cm³/mol. The number of H-pyrrole nitrogens is 1. The zero-order valence-corrected chi connectivity index (χ0v) is 15.1. The quantitative estimate of drug-likeness (QED) is 0.595. The van der Waals surface area contributed by atoms with Gasteiger partial charge in [0, 0.05) is 16.6 Å². The number of rotatable bonds is 6. The maximum atomic E-state index is 5.70. The van der Waals surface area contributed by atoms with Gasteiger partial charge < -0.3 is 10.7 Å². The Kier molecular flexibility index (Phi) is 5.06. The Morgan fingerprint density at radius 2 is 1.71 bits per heavy atom. The Morgan fingerprint density at radius 3 is 2.38 bits per heavy atom. The normalized spacial score (nSPS) is 11.3. The van der Waals surface area contributed by atoms with Crippen molar-refractivity contribution >= 4 is 10.9 Å². The third-order valence-corrected chi connectivity index (χ3v) is 5.14. The number of aryl methyl sites for hydroxylation is 4. The molecule has 0 saturated carbocycles. The number of unbranched alkanes of at least 4 members (excludes halogenated alkanes) is 1. The smallest absolute Gasteiger partial charge is 0.0497 e. The van der Waals surface area contributed by atoms with Gasteiger partial charge in [0.1, 0.15) is 0 Å². The first-order chi connectivity index (χ1) is 11.7. The van der Waals surface area contributed by atoms with E-state index in [-0.39, 0.29) is 0 Å². The fraction of sp³-hybridized carbons (Fsp3) is 0.364. The summed E-state index contributed by atoms with van der Waals surface area (Å²) in [6.45, 7) is 7.35. The summed E-state index contributed by atoms with van der Waals surface area (Å²) in [6.07, 6.45) is 4.36. The van der Waals surface area contributed by atoms with Gasteiger partial charge in [0.05, 0.1) is 0 Å². The molecule has 3 N–H and O–H groups in total. The van der Waals surface area contributed by atoms with E-state index < -0.39 is 0 Å². The number of hydrogen-bond acceptors (Lipinski definition) is 1.